The van der Waals surface area contributed by atoms with Gasteiger partial charge in [0, 0.05) is 0 Å². The van der Waals surface area contributed by atoms with Crippen LogP contribution >= 0.6 is 7.37 Å². The van der Waals surface area contributed by atoms with Gasteiger partial charge in [0.1, 0.15) is 0 Å². The van der Waals surface area contributed by atoms with Gasteiger partial charge in [-0.3, -0.25) is 4.57 Å². The Morgan fingerprint density at radius 3 is 1.70 bits per heavy atom. The molecule has 0 radical (unpaired) electrons. The van der Waals surface area contributed by atoms with E-state index >= 15 is 0 Å². The highest BCUT2D eigenvalue weighted by Crippen LogP contribution is 2.46. The van der Waals surface area contributed by atoms with E-state index in [4.69, 9.17) is 9.63 Å². The quantitative estimate of drug-likeness (QED) is 0.521. The fourth-order valence-electron chi connectivity index (χ4n) is 1.70. The number of hydrogen-bond donors (Lipinski definition) is 1. The van der Waals surface area contributed by atoms with Gasteiger partial charge in [0.15, 0.2) is 0 Å². The van der Waals surface area contributed by atoms with Gasteiger partial charge in [-0.2, -0.15) is 0 Å². The van der Waals surface area contributed by atoms with E-state index in [1.165, 1.54) is 0 Å². The molecule has 0 aliphatic carbocycles. The van der Waals surface area contributed by atoms with Crippen molar-refractivity contribution < 1.29 is 19.0 Å². The number of aliphatic carboxylic acids is 1. The zero-order valence-corrected chi connectivity index (χ0v) is 11.5. The van der Waals surface area contributed by atoms with Crippen molar-refractivity contribution in [3.05, 3.63) is 73.0 Å². The Morgan fingerprint density at radius 1 is 0.950 bits per heavy atom. The molecule has 0 bridgehead atoms. The molecule has 20 heavy (non-hydrogen) atoms. The largest absolute Gasteiger partial charge is 0.475 e. The van der Waals surface area contributed by atoms with Crippen LogP contribution in [0.4, 0.5) is 0 Å². The zero-order valence-electron chi connectivity index (χ0n) is 10.6. The topological polar surface area (TPSA) is 63.6 Å². The molecule has 0 atom stereocenters. The molecule has 5 heteroatoms. The van der Waals surface area contributed by atoms with Gasteiger partial charge in [0.2, 0.25) is 5.76 Å². The number of carboxylic acid groups (broad SMARTS) is 1. The van der Waals surface area contributed by atoms with Gasteiger partial charge >= 0.3 is 13.3 Å². The predicted molar refractivity (Wildman–Crippen MR) is 77.6 cm³/mol. The van der Waals surface area contributed by atoms with Crippen LogP contribution in [0.2, 0.25) is 0 Å². The summed E-state index contributed by atoms with van der Waals surface area (Å²) < 4.78 is 18.4. The van der Waals surface area contributed by atoms with Gasteiger partial charge in [-0.05, 0) is 30.8 Å². The molecular formula is C15H13O4P. The fraction of sp³-hybridized carbons (Fsp3) is 0. The summed E-state index contributed by atoms with van der Waals surface area (Å²) in [4.78, 5) is 10.9. The Kier molecular flexibility index (Phi) is 4.06. The second kappa shape index (κ2) is 5.76. The maximum atomic E-state index is 13.2. The summed E-state index contributed by atoms with van der Waals surface area (Å²) in [7, 11) is -3.51. The first kappa shape index (κ1) is 14.1. The van der Waals surface area contributed by atoms with E-state index in [0.29, 0.717) is 10.6 Å². The Morgan fingerprint density at radius 2 is 1.35 bits per heavy atom. The van der Waals surface area contributed by atoms with Crippen LogP contribution in [0, 0.1) is 0 Å². The molecule has 0 saturated heterocycles. The van der Waals surface area contributed by atoms with E-state index in [9.17, 15) is 9.36 Å². The SMILES string of the molecule is C=C(OP(=O)(c1ccccc1)c1ccccc1)C(=O)O. The molecule has 0 fully saturated rings. The van der Waals surface area contributed by atoms with E-state index in [-0.39, 0.29) is 0 Å². The van der Waals surface area contributed by atoms with Crippen molar-refractivity contribution in [2.75, 3.05) is 0 Å². The summed E-state index contributed by atoms with van der Waals surface area (Å²) in [6.45, 7) is 3.30. The van der Waals surface area contributed by atoms with Gasteiger partial charge in [0.05, 0.1) is 10.6 Å². The maximum absolute atomic E-state index is 13.2. The van der Waals surface area contributed by atoms with E-state index < -0.39 is 19.1 Å². The third-order valence-corrected chi connectivity index (χ3v) is 5.10. The lowest BCUT2D eigenvalue weighted by atomic mass is 10.4. The molecule has 0 aromatic heterocycles. The van der Waals surface area contributed by atoms with Crippen molar-refractivity contribution in [3.8, 4) is 0 Å². The molecule has 102 valence electrons. The van der Waals surface area contributed by atoms with Crippen LogP contribution in [0.3, 0.4) is 0 Å². The molecule has 0 aliphatic heterocycles. The third-order valence-electron chi connectivity index (χ3n) is 2.67. The Hall–Kier alpha value is -2.32. The summed E-state index contributed by atoms with van der Waals surface area (Å²) in [6, 6.07) is 17.0. The number of hydrogen-bond acceptors (Lipinski definition) is 3. The monoisotopic (exact) mass is 288 g/mol. The van der Waals surface area contributed by atoms with Gasteiger partial charge in [-0.15, -0.1) is 0 Å². The summed E-state index contributed by atoms with van der Waals surface area (Å²) >= 11 is 0. The molecule has 1 N–H and O–H groups in total. The molecule has 0 aliphatic rings. The van der Waals surface area contributed by atoms with Gasteiger partial charge in [-0.1, -0.05) is 36.4 Å². The van der Waals surface area contributed by atoms with Gasteiger partial charge in [-0.25, -0.2) is 4.79 Å². The van der Waals surface area contributed by atoms with E-state index in [1.807, 2.05) is 0 Å². The van der Waals surface area contributed by atoms with Crippen molar-refractivity contribution in [1.82, 2.24) is 0 Å². The van der Waals surface area contributed by atoms with Crippen LogP contribution in [0.1, 0.15) is 0 Å². The lowest BCUT2D eigenvalue weighted by Gasteiger charge is -2.19. The van der Waals surface area contributed by atoms with Crippen LogP contribution in [-0.2, 0) is 13.9 Å². The van der Waals surface area contributed by atoms with Crippen molar-refractivity contribution in [2.45, 2.75) is 0 Å². The standard InChI is InChI=1S/C15H13O4P/c1-12(15(16)17)19-20(18,13-8-4-2-5-9-13)14-10-6-3-7-11-14/h2-11H,1H2,(H,16,17). The molecule has 2 rings (SSSR count). The lowest BCUT2D eigenvalue weighted by Crippen LogP contribution is -2.19. The number of carboxylic acids is 1. The second-order valence-corrected chi connectivity index (χ2v) is 6.36. The summed E-state index contributed by atoms with van der Waals surface area (Å²) in [6.07, 6.45) is 0. The van der Waals surface area contributed by atoms with Crippen molar-refractivity contribution in [1.29, 1.82) is 0 Å². The smallest absolute Gasteiger partial charge is 0.370 e. The first-order chi connectivity index (χ1) is 9.54. The maximum Gasteiger partial charge on any atom is 0.370 e. The van der Waals surface area contributed by atoms with Crippen LogP contribution in [0.15, 0.2) is 73.0 Å². The zero-order chi connectivity index (χ0) is 14.6. The first-order valence-corrected chi connectivity index (χ1v) is 7.49. The highest BCUT2D eigenvalue weighted by molar-refractivity contribution is 7.74. The molecule has 0 spiro atoms. The Labute approximate surface area is 116 Å². The van der Waals surface area contributed by atoms with Crippen LogP contribution in [-0.4, -0.2) is 11.1 Å². The molecule has 4 nitrogen and oxygen atoms in total. The molecular weight excluding hydrogens is 275 g/mol. The van der Waals surface area contributed by atoms with E-state index in [0.717, 1.165) is 0 Å². The molecule has 0 amide bonds. The normalized spacial score (nSPS) is 10.8. The minimum Gasteiger partial charge on any atom is -0.475 e. The number of rotatable bonds is 5. The minimum atomic E-state index is -3.51. The Balaban J connectivity index is 2.53. The summed E-state index contributed by atoms with van der Waals surface area (Å²) in [5, 5.41) is 9.74. The molecule has 0 saturated carbocycles. The van der Waals surface area contributed by atoms with E-state index in [2.05, 4.69) is 6.58 Å². The van der Waals surface area contributed by atoms with Gasteiger partial charge < -0.3 is 9.63 Å². The van der Waals surface area contributed by atoms with Gasteiger partial charge in [0.25, 0.3) is 0 Å². The lowest BCUT2D eigenvalue weighted by molar-refractivity contribution is -0.134. The molecule has 0 heterocycles. The van der Waals surface area contributed by atoms with Crippen molar-refractivity contribution in [3.63, 3.8) is 0 Å². The van der Waals surface area contributed by atoms with Crippen LogP contribution < -0.4 is 10.6 Å². The average Bonchev–Trinajstić information content (AvgIpc) is 2.48. The highest BCUT2D eigenvalue weighted by Gasteiger charge is 2.31. The molecule has 2 aromatic carbocycles. The van der Waals surface area contributed by atoms with Crippen molar-refractivity contribution in [2.24, 2.45) is 0 Å². The molecule has 0 unspecified atom stereocenters. The highest BCUT2D eigenvalue weighted by atomic mass is 31.2. The first-order valence-electron chi connectivity index (χ1n) is 5.87. The minimum absolute atomic E-state index is 0.425. The molecule has 2 aromatic rings. The van der Waals surface area contributed by atoms with E-state index in [1.54, 1.807) is 60.7 Å². The second-order valence-electron chi connectivity index (χ2n) is 4.04. The average molecular weight is 288 g/mol. The van der Waals surface area contributed by atoms with Crippen LogP contribution in [0.5, 0.6) is 0 Å². The predicted octanol–water partition coefficient (Wildman–Crippen LogP) is 2.53. The Bertz CT molecular complexity index is 621. The van der Waals surface area contributed by atoms with Crippen LogP contribution in [0.25, 0.3) is 0 Å². The number of carbonyl (C=O) groups is 1. The third kappa shape index (κ3) is 2.81. The fourth-order valence-corrected chi connectivity index (χ4v) is 3.72. The van der Waals surface area contributed by atoms with Crippen molar-refractivity contribution >= 4 is 23.9 Å². The summed E-state index contributed by atoms with van der Waals surface area (Å²) in [5.41, 5.74) is 0. The summed E-state index contributed by atoms with van der Waals surface area (Å²) in [5.74, 6) is -1.88. The number of benzene rings is 2.